The van der Waals surface area contributed by atoms with Crippen LogP contribution in [0.1, 0.15) is 10.4 Å². The van der Waals surface area contributed by atoms with Crippen LogP contribution in [-0.4, -0.2) is 31.2 Å². The quantitative estimate of drug-likeness (QED) is 0.696. The Morgan fingerprint density at radius 2 is 2.43 bits per heavy atom. The lowest BCUT2D eigenvalue weighted by atomic mass is 10.2. The van der Waals surface area contributed by atoms with Crippen LogP contribution in [0, 0.1) is 0 Å². The summed E-state index contributed by atoms with van der Waals surface area (Å²) < 4.78 is 9.80. The van der Waals surface area contributed by atoms with Gasteiger partial charge in [0.05, 0.1) is 13.3 Å². The fourth-order valence-corrected chi connectivity index (χ4v) is 0.942. The van der Waals surface area contributed by atoms with Crippen molar-refractivity contribution in [3.8, 4) is 5.75 Å². The van der Waals surface area contributed by atoms with Crippen LogP contribution in [0.3, 0.4) is 0 Å². The average molecular weight is 196 g/mol. The first-order chi connectivity index (χ1) is 6.79. The smallest absolute Gasteiger partial charge is 0.341 e. The molecule has 0 unspecified atom stereocenters. The van der Waals surface area contributed by atoms with Crippen LogP contribution >= 0.6 is 0 Å². The van der Waals surface area contributed by atoms with Gasteiger partial charge in [-0.3, -0.25) is 4.98 Å². The van der Waals surface area contributed by atoms with Crippen LogP contribution in [0.15, 0.2) is 18.5 Å². The third-order valence-electron chi connectivity index (χ3n) is 1.57. The normalized spacial score (nSPS) is 9.57. The fourth-order valence-electron chi connectivity index (χ4n) is 0.942. The first-order valence-electron chi connectivity index (χ1n) is 4.14. The summed E-state index contributed by atoms with van der Waals surface area (Å²) in [7, 11) is 1.31. The second kappa shape index (κ2) is 5.18. The zero-order valence-electron chi connectivity index (χ0n) is 7.90. The largest absolute Gasteiger partial charge is 0.490 e. The molecule has 0 bridgehead atoms. The molecule has 0 spiro atoms. The van der Waals surface area contributed by atoms with Crippen molar-refractivity contribution in [3.63, 3.8) is 0 Å². The van der Waals surface area contributed by atoms with Crippen molar-refractivity contribution >= 4 is 5.97 Å². The Kier molecular flexibility index (Phi) is 3.87. The van der Waals surface area contributed by atoms with Crippen LogP contribution in [0.2, 0.25) is 0 Å². The molecule has 1 rings (SSSR count). The molecule has 0 saturated heterocycles. The van der Waals surface area contributed by atoms with E-state index in [-0.39, 0.29) is 0 Å². The van der Waals surface area contributed by atoms with E-state index in [0.717, 1.165) is 0 Å². The summed E-state index contributed by atoms with van der Waals surface area (Å²) in [5.41, 5.74) is 5.63. The van der Waals surface area contributed by atoms with Gasteiger partial charge in [-0.25, -0.2) is 4.79 Å². The topological polar surface area (TPSA) is 74.4 Å². The second-order valence-electron chi connectivity index (χ2n) is 2.50. The molecule has 0 amide bonds. The van der Waals surface area contributed by atoms with Crippen molar-refractivity contribution in [2.75, 3.05) is 20.3 Å². The van der Waals surface area contributed by atoms with Crippen LogP contribution in [0.25, 0.3) is 0 Å². The van der Waals surface area contributed by atoms with Crippen molar-refractivity contribution < 1.29 is 14.3 Å². The summed E-state index contributed by atoms with van der Waals surface area (Å²) in [6, 6.07) is 1.54. The van der Waals surface area contributed by atoms with E-state index in [1.165, 1.54) is 25.6 Å². The minimum atomic E-state index is -0.445. The number of pyridine rings is 1. The van der Waals surface area contributed by atoms with Gasteiger partial charge in [-0.15, -0.1) is 0 Å². The Morgan fingerprint density at radius 1 is 1.64 bits per heavy atom. The number of ether oxygens (including phenoxy) is 2. The maximum atomic E-state index is 11.2. The summed E-state index contributed by atoms with van der Waals surface area (Å²) in [5.74, 6) is -0.0516. The lowest BCUT2D eigenvalue weighted by Crippen LogP contribution is -2.13. The molecule has 0 radical (unpaired) electrons. The molecule has 76 valence electrons. The van der Waals surface area contributed by atoms with Gasteiger partial charge in [0.1, 0.15) is 12.2 Å². The number of carbonyl (C=O) groups excluding carboxylic acids is 1. The number of carbonyl (C=O) groups is 1. The van der Waals surface area contributed by atoms with Gasteiger partial charge in [0.2, 0.25) is 0 Å². The minimum absolute atomic E-state index is 0.343. The van der Waals surface area contributed by atoms with Gasteiger partial charge >= 0.3 is 5.97 Å². The highest BCUT2D eigenvalue weighted by Gasteiger charge is 2.11. The molecule has 14 heavy (non-hydrogen) atoms. The SMILES string of the molecule is COC(=O)c1ccncc1OCCN. The van der Waals surface area contributed by atoms with E-state index in [1.807, 2.05) is 0 Å². The number of nitrogens with two attached hydrogens (primary N) is 1. The first kappa shape index (κ1) is 10.5. The van der Waals surface area contributed by atoms with Crippen molar-refractivity contribution in [2.24, 2.45) is 5.73 Å². The molecule has 1 heterocycles. The van der Waals surface area contributed by atoms with Gasteiger partial charge in [-0.05, 0) is 6.07 Å². The van der Waals surface area contributed by atoms with Crippen LogP contribution in [0.5, 0.6) is 5.75 Å². The average Bonchev–Trinajstić information content (AvgIpc) is 2.25. The number of nitrogens with zero attached hydrogens (tertiary/aromatic N) is 1. The van der Waals surface area contributed by atoms with Crippen molar-refractivity contribution in [1.29, 1.82) is 0 Å². The maximum Gasteiger partial charge on any atom is 0.341 e. The third-order valence-corrected chi connectivity index (χ3v) is 1.57. The van der Waals surface area contributed by atoms with Crippen molar-refractivity contribution in [3.05, 3.63) is 24.0 Å². The van der Waals surface area contributed by atoms with E-state index >= 15 is 0 Å². The Labute approximate surface area is 81.8 Å². The van der Waals surface area contributed by atoms with E-state index in [0.29, 0.717) is 24.5 Å². The highest BCUT2D eigenvalue weighted by Crippen LogP contribution is 2.16. The van der Waals surface area contributed by atoms with E-state index in [1.54, 1.807) is 0 Å². The number of hydrogen-bond acceptors (Lipinski definition) is 5. The Morgan fingerprint density at radius 3 is 3.07 bits per heavy atom. The first-order valence-corrected chi connectivity index (χ1v) is 4.14. The number of rotatable bonds is 4. The third kappa shape index (κ3) is 2.43. The number of hydrogen-bond donors (Lipinski definition) is 1. The molecule has 0 aromatic carbocycles. The van der Waals surface area contributed by atoms with E-state index in [4.69, 9.17) is 10.5 Å². The summed E-state index contributed by atoms with van der Waals surface area (Å²) >= 11 is 0. The van der Waals surface area contributed by atoms with Gasteiger partial charge in [-0.2, -0.15) is 0 Å². The van der Waals surface area contributed by atoms with Gasteiger partial charge in [0, 0.05) is 12.7 Å². The highest BCUT2D eigenvalue weighted by molar-refractivity contribution is 5.92. The van der Waals surface area contributed by atoms with Gasteiger partial charge < -0.3 is 15.2 Å². The summed E-state index contributed by atoms with van der Waals surface area (Å²) in [6.45, 7) is 0.727. The number of methoxy groups -OCH3 is 1. The molecule has 0 aliphatic rings. The summed E-state index contributed by atoms with van der Waals surface area (Å²) in [6.07, 6.45) is 2.96. The minimum Gasteiger partial charge on any atom is -0.490 e. The molecule has 1 aromatic rings. The van der Waals surface area contributed by atoms with Gasteiger partial charge in [0.15, 0.2) is 5.75 Å². The zero-order valence-corrected chi connectivity index (χ0v) is 7.90. The van der Waals surface area contributed by atoms with Crippen molar-refractivity contribution in [1.82, 2.24) is 4.98 Å². The zero-order chi connectivity index (χ0) is 10.4. The Bertz CT molecular complexity index is 315. The monoisotopic (exact) mass is 196 g/mol. The summed E-state index contributed by atoms with van der Waals surface area (Å²) in [4.78, 5) is 15.1. The summed E-state index contributed by atoms with van der Waals surface area (Å²) in [5, 5.41) is 0. The molecule has 0 aliphatic carbocycles. The Hall–Kier alpha value is -1.62. The molecule has 5 nitrogen and oxygen atoms in total. The van der Waals surface area contributed by atoms with Crippen LogP contribution in [-0.2, 0) is 4.74 Å². The lowest BCUT2D eigenvalue weighted by Gasteiger charge is -2.07. The second-order valence-corrected chi connectivity index (χ2v) is 2.50. The highest BCUT2D eigenvalue weighted by atomic mass is 16.5. The predicted octanol–water partition coefficient (Wildman–Crippen LogP) is 0.206. The van der Waals surface area contributed by atoms with Crippen LogP contribution < -0.4 is 10.5 Å². The van der Waals surface area contributed by atoms with E-state index in [9.17, 15) is 4.79 Å². The molecule has 5 heteroatoms. The molecule has 0 saturated carbocycles. The molecular formula is C9H12N2O3. The van der Waals surface area contributed by atoms with Gasteiger partial charge in [-0.1, -0.05) is 0 Å². The molecule has 2 N–H and O–H groups in total. The Balaban J connectivity index is 2.85. The standard InChI is InChI=1S/C9H12N2O3/c1-13-9(12)7-2-4-11-6-8(7)14-5-3-10/h2,4,6H,3,5,10H2,1H3. The maximum absolute atomic E-state index is 11.2. The molecule has 0 atom stereocenters. The fraction of sp³-hybridized carbons (Fsp3) is 0.333. The van der Waals surface area contributed by atoms with Crippen molar-refractivity contribution in [2.45, 2.75) is 0 Å². The number of aromatic nitrogens is 1. The molecular weight excluding hydrogens is 184 g/mol. The molecule has 0 aliphatic heterocycles. The lowest BCUT2D eigenvalue weighted by molar-refractivity contribution is 0.0596. The van der Waals surface area contributed by atoms with Crippen LogP contribution in [0.4, 0.5) is 0 Å². The molecule has 1 aromatic heterocycles. The van der Waals surface area contributed by atoms with Gasteiger partial charge in [0.25, 0.3) is 0 Å². The number of esters is 1. The van der Waals surface area contributed by atoms with E-state index in [2.05, 4.69) is 9.72 Å². The molecule has 0 fully saturated rings. The van der Waals surface area contributed by atoms with E-state index < -0.39 is 5.97 Å². The predicted molar refractivity (Wildman–Crippen MR) is 50.1 cm³/mol.